The van der Waals surface area contributed by atoms with Crippen molar-refractivity contribution in [2.75, 3.05) is 7.11 Å². The first-order valence-corrected chi connectivity index (χ1v) is 7.42. The van der Waals surface area contributed by atoms with E-state index in [2.05, 4.69) is 46.9 Å². The molecule has 3 nitrogen and oxygen atoms in total. The van der Waals surface area contributed by atoms with E-state index in [1.807, 2.05) is 12.1 Å². The zero-order valence-corrected chi connectivity index (χ0v) is 13.3. The van der Waals surface area contributed by atoms with Crippen molar-refractivity contribution in [1.82, 2.24) is 4.98 Å². The molecule has 1 aromatic heterocycles. The van der Waals surface area contributed by atoms with Gasteiger partial charge in [0.15, 0.2) is 0 Å². The number of hydrogen-bond donors (Lipinski definition) is 0. The van der Waals surface area contributed by atoms with E-state index in [1.54, 1.807) is 7.11 Å². The highest BCUT2D eigenvalue weighted by molar-refractivity contribution is 9.10. The second-order valence-corrected chi connectivity index (χ2v) is 6.11. The Hall–Kier alpha value is -1.38. The monoisotopic (exact) mass is 336 g/mol. The van der Waals surface area contributed by atoms with Crippen molar-refractivity contribution in [2.45, 2.75) is 19.8 Å². The molecule has 0 aliphatic rings. The van der Waals surface area contributed by atoms with E-state index < -0.39 is 0 Å². The first-order valence-electron chi connectivity index (χ1n) is 5.81. The summed E-state index contributed by atoms with van der Waals surface area (Å²) in [7, 11) is 1.68. The van der Waals surface area contributed by atoms with Crippen molar-refractivity contribution < 1.29 is 4.74 Å². The molecule has 98 valence electrons. The Labute approximate surface area is 125 Å². The molecule has 0 spiro atoms. The molecule has 0 atom stereocenters. The van der Waals surface area contributed by atoms with Gasteiger partial charge < -0.3 is 4.74 Å². The van der Waals surface area contributed by atoms with Crippen LogP contribution in [0.1, 0.15) is 30.2 Å². The van der Waals surface area contributed by atoms with E-state index in [0.29, 0.717) is 15.4 Å². The molecule has 0 N–H and O–H groups in total. The number of nitriles is 1. The summed E-state index contributed by atoms with van der Waals surface area (Å²) in [6, 6.07) is 8.13. The van der Waals surface area contributed by atoms with Gasteiger partial charge in [0.1, 0.15) is 26.3 Å². The molecule has 0 radical (unpaired) electrons. The minimum absolute atomic E-state index is 0.369. The minimum Gasteiger partial charge on any atom is -0.496 e. The maximum atomic E-state index is 8.97. The quantitative estimate of drug-likeness (QED) is 0.824. The summed E-state index contributed by atoms with van der Waals surface area (Å²) < 4.78 is 5.98. The Morgan fingerprint density at radius 1 is 1.42 bits per heavy atom. The molecule has 0 saturated heterocycles. The van der Waals surface area contributed by atoms with Crippen molar-refractivity contribution in [2.24, 2.45) is 0 Å². The molecule has 0 amide bonds. The van der Waals surface area contributed by atoms with Crippen LogP contribution in [0.4, 0.5) is 0 Å². The molecule has 0 aliphatic carbocycles. The third kappa shape index (κ3) is 2.80. The summed E-state index contributed by atoms with van der Waals surface area (Å²) >= 11 is 4.69. The summed E-state index contributed by atoms with van der Waals surface area (Å²) in [5.41, 5.74) is 2.15. The molecule has 0 fully saturated rings. The van der Waals surface area contributed by atoms with Crippen LogP contribution in [-0.2, 0) is 0 Å². The van der Waals surface area contributed by atoms with Gasteiger partial charge in [-0.25, -0.2) is 4.98 Å². The van der Waals surface area contributed by atoms with Gasteiger partial charge >= 0.3 is 0 Å². The van der Waals surface area contributed by atoms with Gasteiger partial charge in [0.25, 0.3) is 0 Å². The predicted molar refractivity (Wildman–Crippen MR) is 80.6 cm³/mol. The summed E-state index contributed by atoms with van der Waals surface area (Å²) in [5.74, 6) is 1.25. The lowest BCUT2D eigenvalue weighted by atomic mass is 10.00. The highest BCUT2D eigenvalue weighted by atomic mass is 79.9. The molecule has 19 heavy (non-hydrogen) atoms. The molecule has 0 aliphatic heterocycles. The second-order valence-electron chi connectivity index (χ2n) is 4.36. The average molecular weight is 337 g/mol. The van der Waals surface area contributed by atoms with Gasteiger partial charge in [-0.2, -0.15) is 5.26 Å². The van der Waals surface area contributed by atoms with E-state index in [4.69, 9.17) is 10.00 Å². The minimum atomic E-state index is 0.369. The van der Waals surface area contributed by atoms with Gasteiger partial charge in [0.05, 0.1) is 7.11 Å². The van der Waals surface area contributed by atoms with Gasteiger partial charge in [-0.05, 0) is 45.6 Å². The molecular weight excluding hydrogens is 324 g/mol. The first-order chi connectivity index (χ1) is 9.06. The van der Waals surface area contributed by atoms with E-state index >= 15 is 0 Å². The average Bonchev–Trinajstić information content (AvgIpc) is 2.79. The molecule has 1 heterocycles. The van der Waals surface area contributed by atoms with Crippen LogP contribution in [0.15, 0.2) is 22.8 Å². The van der Waals surface area contributed by atoms with Gasteiger partial charge in [0, 0.05) is 5.56 Å². The molecule has 0 saturated carbocycles. The summed E-state index contributed by atoms with van der Waals surface area (Å²) in [6.07, 6.45) is 0. The van der Waals surface area contributed by atoms with E-state index in [-0.39, 0.29) is 0 Å². The van der Waals surface area contributed by atoms with Crippen LogP contribution in [0, 0.1) is 11.3 Å². The Morgan fingerprint density at radius 3 is 2.68 bits per heavy atom. The normalized spacial score (nSPS) is 10.5. The lowest BCUT2D eigenvalue weighted by molar-refractivity contribution is 0.407. The van der Waals surface area contributed by atoms with Gasteiger partial charge in [-0.15, -0.1) is 11.3 Å². The Kier molecular flexibility index (Phi) is 4.23. The third-order valence-corrected chi connectivity index (χ3v) is 4.63. The molecule has 1 aromatic carbocycles. The highest BCUT2D eigenvalue weighted by Crippen LogP contribution is 2.35. The molecule has 2 aromatic rings. The number of halogens is 1. The largest absolute Gasteiger partial charge is 0.496 e. The Balaban J connectivity index is 2.51. The second kappa shape index (κ2) is 5.72. The van der Waals surface area contributed by atoms with Crippen LogP contribution in [0.3, 0.4) is 0 Å². The van der Waals surface area contributed by atoms with Gasteiger partial charge in [-0.3, -0.25) is 0 Å². The zero-order valence-electron chi connectivity index (χ0n) is 10.9. The predicted octanol–water partition coefficient (Wildman–Crippen LogP) is 4.58. The van der Waals surface area contributed by atoms with Crippen LogP contribution in [-0.4, -0.2) is 12.1 Å². The number of thiazole rings is 1. The topological polar surface area (TPSA) is 45.9 Å². The van der Waals surface area contributed by atoms with Crippen LogP contribution in [0.25, 0.3) is 10.6 Å². The van der Waals surface area contributed by atoms with Crippen LogP contribution >= 0.6 is 27.3 Å². The smallest absolute Gasteiger partial charge is 0.139 e. The maximum absolute atomic E-state index is 8.97. The Morgan fingerprint density at radius 2 is 2.16 bits per heavy atom. The number of methoxy groups -OCH3 is 1. The highest BCUT2D eigenvalue weighted by Gasteiger charge is 2.13. The van der Waals surface area contributed by atoms with Crippen molar-refractivity contribution in [3.8, 4) is 22.4 Å². The molecule has 0 bridgehead atoms. The number of nitrogens with zero attached hydrogens (tertiary/aromatic N) is 2. The molecule has 0 unspecified atom stereocenters. The number of aromatic nitrogens is 1. The molecule has 2 rings (SSSR count). The fraction of sp³-hybridized carbons (Fsp3) is 0.286. The lowest BCUT2D eigenvalue weighted by Crippen LogP contribution is -1.94. The standard InChI is InChI=1S/C14H13BrN2OS/c1-8(2)10-6-9(4-5-11(10)18-3)14-17-13(15)12(7-16)19-14/h4-6,8H,1-3H3. The number of rotatable bonds is 3. The lowest BCUT2D eigenvalue weighted by Gasteiger charge is -2.12. The van der Waals surface area contributed by atoms with Gasteiger partial charge in [-0.1, -0.05) is 13.8 Å². The van der Waals surface area contributed by atoms with E-state index in [1.165, 1.54) is 11.3 Å². The summed E-state index contributed by atoms with van der Waals surface area (Å²) in [6.45, 7) is 4.25. The van der Waals surface area contributed by atoms with Crippen LogP contribution in [0.5, 0.6) is 5.75 Å². The van der Waals surface area contributed by atoms with Crippen molar-refractivity contribution in [3.63, 3.8) is 0 Å². The summed E-state index contributed by atoms with van der Waals surface area (Å²) in [4.78, 5) is 4.97. The van der Waals surface area contributed by atoms with Crippen molar-refractivity contribution >= 4 is 27.3 Å². The fourth-order valence-corrected chi connectivity index (χ4v) is 3.19. The molecule has 5 heteroatoms. The Bertz CT molecular complexity index is 643. The number of ether oxygens (including phenoxy) is 1. The van der Waals surface area contributed by atoms with Gasteiger partial charge in [0.2, 0.25) is 0 Å². The van der Waals surface area contributed by atoms with Crippen molar-refractivity contribution in [3.05, 3.63) is 33.2 Å². The first kappa shape index (κ1) is 14.0. The fourth-order valence-electron chi connectivity index (χ4n) is 1.81. The van der Waals surface area contributed by atoms with E-state index in [0.717, 1.165) is 21.9 Å². The van der Waals surface area contributed by atoms with E-state index in [9.17, 15) is 0 Å². The third-order valence-electron chi connectivity index (χ3n) is 2.79. The SMILES string of the molecule is COc1ccc(-c2nc(Br)c(C#N)s2)cc1C(C)C. The zero-order chi connectivity index (χ0) is 14.0. The van der Waals surface area contributed by atoms with Crippen molar-refractivity contribution in [1.29, 1.82) is 5.26 Å². The number of hydrogen-bond acceptors (Lipinski definition) is 4. The number of benzene rings is 1. The molecular formula is C14H13BrN2OS. The maximum Gasteiger partial charge on any atom is 0.139 e. The van der Waals surface area contributed by atoms with Crippen LogP contribution < -0.4 is 4.74 Å². The van der Waals surface area contributed by atoms with Crippen LogP contribution in [0.2, 0.25) is 0 Å². The summed E-state index contributed by atoms with van der Waals surface area (Å²) in [5, 5.41) is 9.81.